The number of rotatable bonds is 6. The molecule has 0 aliphatic heterocycles. The highest BCUT2D eigenvalue weighted by Gasteiger charge is 2.10. The lowest BCUT2D eigenvalue weighted by Gasteiger charge is -2.06. The molecule has 2 aromatic heterocycles. The summed E-state index contributed by atoms with van der Waals surface area (Å²) in [4.78, 5) is 14.5. The SMILES string of the molecule is Cn1cnnc1Sc1ccc(NC(=O)Cn2nnc(-c3ccccc3)n2)cc1. The lowest BCUT2D eigenvalue weighted by Crippen LogP contribution is -2.20. The third kappa shape index (κ3) is 4.23. The van der Waals surface area contributed by atoms with E-state index in [1.165, 1.54) is 16.6 Å². The van der Waals surface area contributed by atoms with Crippen LogP contribution in [0.5, 0.6) is 0 Å². The third-order valence-corrected chi connectivity index (χ3v) is 4.85. The molecule has 1 N–H and O–H groups in total. The number of nitrogens with zero attached hydrogens (tertiary/aromatic N) is 7. The zero-order chi connectivity index (χ0) is 19.3. The fourth-order valence-corrected chi connectivity index (χ4v) is 3.18. The average molecular weight is 392 g/mol. The molecule has 0 spiro atoms. The Kier molecular flexibility index (Phi) is 5.11. The molecule has 9 nitrogen and oxygen atoms in total. The first kappa shape index (κ1) is 17.9. The molecule has 0 atom stereocenters. The molecule has 140 valence electrons. The molecule has 0 bridgehead atoms. The smallest absolute Gasteiger partial charge is 0.248 e. The van der Waals surface area contributed by atoms with Crippen LogP contribution in [0.15, 0.2) is 71.0 Å². The summed E-state index contributed by atoms with van der Waals surface area (Å²) < 4.78 is 1.84. The fraction of sp³-hybridized carbons (Fsp3) is 0.111. The van der Waals surface area contributed by atoms with Crippen LogP contribution in [-0.4, -0.2) is 40.9 Å². The van der Waals surface area contributed by atoms with E-state index in [0.717, 1.165) is 15.6 Å². The number of nitrogens with one attached hydrogen (secondary N) is 1. The van der Waals surface area contributed by atoms with E-state index in [4.69, 9.17) is 0 Å². The van der Waals surface area contributed by atoms with Crippen LogP contribution in [0.3, 0.4) is 0 Å². The minimum Gasteiger partial charge on any atom is -0.324 e. The Morgan fingerprint density at radius 3 is 2.57 bits per heavy atom. The first-order valence-corrected chi connectivity index (χ1v) is 9.24. The number of aromatic nitrogens is 7. The van der Waals surface area contributed by atoms with Gasteiger partial charge in [-0.1, -0.05) is 30.3 Å². The van der Waals surface area contributed by atoms with Crippen molar-refractivity contribution in [3.63, 3.8) is 0 Å². The van der Waals surface area contributed by atoms with E-state index in [9.17, 15) is 4.79 Å². The molecule has 28 heavy (non-hydrogen) atoms. The number of carbonyl (C=O) groups excluding carboxylic acids is 1. The monoisotopic (exact) mass is 392 g/mol. The molecule has 2 aromatic carbocycles. The quantitative estimate of drug-likeness (QED) is 0.537. The van der Waals surface area contributed by atoms with Crippen LogP contribution in [0.4, 0.5) is 5.69 Å². The zero-order valence-corrected chi connectivity index (χ0v) is 15.7. The van der Waals surface area contributed by atoms with Gasteiger partial charge < -0.3 is 9.88 Å². The van der Waals surface area contributed by atoms with E-state index in [2.05, 4.69) is 30.9 Å². The second-order valence-corrected chi connectivity index (χ2v) is 6.95. The Hall–Kier alpha value is -3.53. The molecule has 0 aliphatic rings. The summed E-state index contributed by atoms with van der Waals surface area (Å²) in [6.07, 6.45) is 1.65. The maximum absolute atomic E-state index is 12.2. The number of tetrazole rings is 1. The van der Waals surface area contributed by atoms with Crippen molar-refractivity contribution in [2.75, 3.05) is 5.32 Å². The Labute approximate surface area is 164 Å². The lowest BCUT2D eigenvalue weighted by atomic mass is 10.2. The molecule has 0 radical (unpaired) electrons. The zero-order valence-electron chi connectivity index (χ0n) is 14.9. The first-order valence-electron chi connectivity index (χ1n) is 8.42. The van der Waals surface area contributed by atoms with Gasteiger partial charge in [0.05, 0.1) is 0 Å². The molecule has 10 heteroatoms. The van der Waals surface area contributed by atoms with Crippen molar-refractivity contribution in [3.8, 4) is 11.4 Å². The van der Waals surface area contributed by atoms with Gasteiger partial charge in [0, 0.05) is 23.2 Å². The van der Waals surface area contributed by atoms with E-state index in [-0.39, 0.29) is 12.5 Å². The summed E-state index contributed by atoms with van der Waals surface area (Å²) in [6.45, 7) is -0.0186. The second-order valence-electron chi connectivity index (χ2n) is 5.91. The largest absolute Gasteiger partial charge is 0.324 e. The van der Waals surface area contributed by atoms with Crippen LogP contribution in [0.2, 0.25) is 0 Å². The van der Waals surface area contributed by atoms with Gasteiger partial charge >= 0.3 is 0 Å². The van der Waals surface area contributed by atoms with Gasteiger partial charge in [0.15, 0.2) is 5.16 Å². The Balaban J connectivity index is 1.35. The molecular weight excluding hydrogens is 376 g/mol. The predicted molar refractivity (Wildman–Crippen MR) is 103 cm³/mol. The van der Waals surface area contributed by atoms with E-state index in [1.807, 2.05) is 66.2 Å². The number of hydrogen-bond donors (Lipinski definition) is 1. The van der Waals surface area contributed by atoms with Gasteiger partial charge in [0.25, 0.3) is 0 Å². The normalized spacial score (nSPS) is 10.8. The molecular formula is C18H16N8OS. The first-order chi connectivity index (χ1) is 13.7. The molecule has 0 aliphatic carbocycles. The van der Waals surface area contributed by atoms with Gasteiger partial charge in [-0.3, -0.25) is 4.79 Å². The Morgan fingerprint density at radius 2 is 1.86 bits per heavy atom. The highest BCUT2D eigenvalue weighted by Crippen LogP contribution is 2.26. The van der Waals surface area contributed by atoms with Gasteiger partial charge in [0.1, 0.15) is 12.9 Å². The van der Waals surface area contributed by atoms with Crippen LogP contribution in [-0.2, 0) is 18.4 Å². The highest BCUT2D eigenvalue weighted by molar-refractivity contribution is 7.99. The summed E-state index contributed by atoms with van der Waals surface area (Å²) in [5.41, 5.74) is 1.54. The van der Waals surface area contributed by atoms with Crippen molar-refractivity contribution >= 4 is 23.4 Å². The summed E-state index contributed by atoms with van der Waals surface area (Å²) in [5, 5.41) is 23.7. The van der Waals surface area contributed by atoms with E-state index in [1.54, 1.807) is 6.33 Å². The number of benzene rings is 2. The van der Waals surface area contributed by atoms with Crippen molar-refractivity contribution in [2.45, 2.75) is 16.6 Å². The molecule has 2 heterocycles. The Morgan fingerprint density at radius 1 is 1.07 bits per heavy atom. The maximum atomic E-state index is 12.2. The topological polar surface area (TPSA) is 103 Å². The number of carbonyl (C=O) groups is 1. The van der Waals surface area contributed by atoms with E-state index in [0.29, 0.717) is 11.5 Å². The fourth-order valence-electron chi connectivity index (χ4n) is 2.42. The molecule has 1 amide bonds. The summed E-state index contributed by atoms with van der Waals surface area (Å²) >= 11 is 1.50. The Bertz CT molecular complexity index is 1070. The predicted octanol–water partition coefficient (Wildman–Crippen LogP) is 2.26. The molecule has 4 aromatic rings. The van der Waals surface area contributed by atoms with Gasteiger partial charge in [-0.15, -0.1) is 20.4 Å². The van der Waals surface area contributed by atoms with Crippen molar-refractivity contribution in [1.29, 1.82) is 0 Å². The summed E-state index contributed by atoms with van der Waals surface area (Å²) in [5.74, 6) is 0.254. The van der Waals surface area contributed by atoms with Crippen LogP contribution in [0.1, 0.15) is 0 Å². The van der Waals surface area contributed by atoms with Crippen molar-refractivity contribution in [2.24, 2.45) is 7.05 Å². The van der Waals surface area contributed by atoms with Crippen LogP contribution in [0, 0.1) is 0 Å². The number of anilines is 1. The minimum absolute atomic E-state index is 0.0186. The lowest BCUT2D eigenvalue weighted by molar-refractivity contribution is -0.117. The number of hydrogen-bond acceptors (Lipinski definition) is 7. The summed E-state index contributed by atoms with van der Waals surface area (Å²) in [6, 6.07) is 17.0. The van der Waals surface area contributed by atoms with Gasteiger partial charge in [-0.05, 0) is 41.2 Å². The summed E-state index contributed by atoms with van der Waals surface area (Å²) in [7, 11) is 1.89. The average Bonchev–Trinajstić information content (AvgIpc) is 3.33. The van der Waals surface area contributed by atoms with Gasteiger partial charge in [-0.25, -0.2) is 0 Å². The van der Waals surface area contributed by atoms with Crippen LogP contribution in [0.25, 0.3) is 11.4 Å². The maximum Gasteiger partial charge on any atom is 0.248 e. The second kappa shape index (κ2) is 8.01. The van der Waals surface area contributed by atoms with Crippen LogP contribution >= 0.6 is 11.8 Å². The van der Waals surface area contributed by atoms with Crippen molar-refractivity contribution < 1.29 is 4.79 Å². The van der Waals surface area contributed by atoms with E-state index < -0.39 is 0 Å². The molecule has 4 rings (SSSR count). The van der Waals surface area contributed by atoms with Crippen molar-refractivity contribution in [1.82, 2.24) is 35.0 Å². The number of aryl methyl sites for hydroxylation is 1. The van der Waals surface area contributed by atoms with Gasteiger partial charge in [-0.2, -0.15) is 4.80 Å². The molecule has 0 unspecified atom stereocenters. The molecule has 0 saturated heterocycles. The van der Waals surface area contributed by atoms with Crippen LogP contribution < -0.4 is 5.32 Å². The standard InChI is InChI=1S/C18H16N8OS/c1-25-12-19-22-18(25)28-15-9-7-14(8-10-15)20-16(27)11-26-23-17(21-24-26)13-5-3-2-4-6-13/h2-10,12H,11H2,1H3,(H,20,27). The van der Waals surface area contributed by atoms with Gasteiger partial charge in [0.2, 0.25) is 11.7 Å². The van der Waals surface area contributed by atoms with Crippen molar-refractivity contribution in [3.05, 3.63) is 60.9 Å². The third-order valence-electron chi connectivity index (χ3n) is 3.79. The highest BCUT2D eigenvalue weighted by atomic mass is 32.2. The molecule has 0 saturated carbocycles. The van der Waals surface area contributed by atoms with E-state index >= 15 is 0 Å². The minimum atomic E-state index is -0.231. The number of amides is 1. The molecule has 0 fully saturated rings.